The van der Waals surface area contributed by atoms with Gasteiger partial charge in [-0.05, 0) is 115 Å². The average Bonchev–Trinajstić information content (AvgIpc) is 3.58. The minimum absolute atomic E-state index is 0.314. The Morgan fingerprint density at radius 3 is 2.11 bits per heavy atom. The number of fused-ring (bicyclic) bond motifs is 15. The molecule has 0 saturated carbocycles. The first kappa shape index (κ1) is 18.2. The molecule has 5 aromatic rings. The van der Waals surface area contributed by atoms with Gasteiger partial charge in [0.25, 0.3) is 0 Å². The standard InChI is InChI=1S/C35H22/c1-4-10-25-20(7-1)16-24-18-30-31-17-22-9-3-6-12-27(22)34(31)28-14-13-23-15-21-8-2-5-11-26(21)33(23)35(28)32(30)19-29(24)25/h1-14,17-19,34H,15-16H2. The molecule has 0 radical (unpaired) electrons. The second-order valence-electron chi connectivity index (χ2n) is 10.4. The van der Waals surface area contributed by atoms with E-state index in [1.165, 1.54) is 83.5 Å². The Morgan fingerprint density at radius 2 is 1.20 bits per heavy atom. The normalized spacial score (nSPS) is 16.8. The predicted molar refractivity (Wildman–Crippen MR) is 145 cm³/mol. The molecule has 0 fully saturated rings. The minimum atomic E-state index is 0.314. The Hall–Kier alpha value is -4.16. The van der Waals surface area contributed by atoms with Crippen LogP contribution in [0.2, 0.25) is 0 Å². The van der Waals surface area contributed by atoms with Crippen LogP contribution in [0.1, 0.15) is 50.4 Å². The van der Waals surface area contributed by atoms with Crippen molar-refractivity contribution in [2.24, 2.45) is 0 Å². The molecule has 35 heavy (non-hydrogen) atoms. The van der Waals surface area contributed by atoms with Crippen molar-refractivity contribution in [1.29, 1.82) is 0 Å². The van der Waals surface area contributed by atoms with Gasteiger partial charge in [0.15, 0.2) is 0 Å². The third kappa shape index (κ3) is 2.23. The zero-order valence-corrected chi connectivity index (χ0v) is 19.3. The van der Waals surface area contributed by atoms with E-state index in [-0.39, 0.29) is 0 Å². The largest absolute Gasteiger partial charge is 0.0619 e. The van der Waals surface area contributed by atoms with Crippen LogP contribution in [0.25, 0.3) is 45.0 Å². The van der Waals surface area contributed by atoms with Crippen LogP contribution in [-0.4, -0.2) is 0 Å². The molecule has 0 nitrogen and oxygen atoms in total. The van der Waals surface area contributed by atoms with Crippen LogP contribution in [0.15, 0.2) is 97.1 Å². The zero-order chi connectivity index (χ0) is 22.7. The molecular weight excluding hydrogens is 420 g/mol. The molecule has 1 atom stereocenters. The van der Waals surface area contributed by atoms with Crippen LogP contribution >= 0.6 is 0 Å². The van der Waals surface area contributed by atoms with Gasteiger partial charge in [-0.2, -0.15) is 0 Å². The highest BCUT2D eigenvalue weighted by molar-refractivity contribution is 6.07. The van der Waals surface area contributed by atoms with E-state index >= 15 is 0 Å². The Bertz CT molecular complexity index is 1800. The number of hydrogen-bond acceptors (Lipinski definition) is 0. The molecule has 0 aromatic heterocycles. The van der Waals surface area contributed by atoms with Crippen molar-refractivity contribution in [3.8, 4) is 33.4 Å². The molecule has 0 aliphatic heterocycles. The summed E-state index contributed by atoms with van der Waals surface area (Å²) in [7, 11) is 0. The summed E-state index contributed by atoms with van der Waals surface area (Å²) in [5.74, 6) is 0.314. The van der Waals surface area contributed by atoms with Gasteiger partial charge in [-0.3, -0.25) is 0 Å². The summed E-state index contributed by atoms with van der Waals surface area (Å²) in [5, 5.41) is 0. The maximum absolute atomic E-state index is 2.53. The van der Waals surface area contributed by atoms with Gasteiger partial charge >= 0.3 is 0 Å². The fourth-order valence-corrected chi connectivity index (χ4v) is 7.29. The molecule has 4 aliphatic rings. The molecule has 9 rings (SSSR count). The van der Waals surface area contributed by atoms with Gasteiger partial charge in [-0.25, -0.2) is 0 Å². The summed E-state index contributed by atoms with van der Waals surface area (Å²) in [5.41, 5.74) is 21.6. The molecule has 1 unspecified atom stereocenters. The zero-order valence-electron chi connectivity index (χ0n) is 19.3. The number of allylic oxidation sites excluding steroid dienone is 1. The van der Waals surface area contributed by atoms with Gasteiger partial charge in [0.05, 0.1) is 0 Å². The van der Waals surface area contributed by atoms with Crippen LogP contribution < -0.4 is 0 Å². The summed E-state index contributed by atoms with van der Waals surface area (Å²) in [4.78, 5) is 0. The van der Waals surface area contributed by atoms with Crippen molar-refractivity contribution < 1.29 is 0 Å². The van der Waals surface area contributed by atoms with E-state index in [2.05, 4.69) is 103 Å². The van der Waals surface area contributed by atoms with Crippen molar-refractivity contribution in [2.75, 3.05) is 0 Å². The predicted octanol–water partition coefficient (Wildman–Crippen LogP) is 8.50. The van der Waals surface area contributed by atoms with E-state index in [0.717, 1.165) is 12.8 Å². The highest BCUT2D eigenvalue weighted by Crippen LogP contribution is 2.59. The van der Waals surface area contributed by atoms with E-state index in [0.29, 0.717) is 5.92 Å². The Balaban J connectivity index is 1.42. The number of rotatable bonds is 0. The molecular formula is C35H22. The van der Waals surface area contributed by atoms with E-state index in [1.807, 2.05) is 0 Å². The molecule has 0 heteroatoms. The van der Waals surface area contributed by atoms with Crippen LogP contribution in [-0.2, 0) is 12.8 Å². The van der Waals surface area contributed by atoms with Crippen LogP contribution in [0.5, 0.6) is 0 Å². The maximum atomic E-state index is 2.53. The first-order chi connectivity index (χ1) is 17.3. The monoisotopic (exact) mass is 442 g/mol. The summed E-state index contributed by atoms with van der Waals surface area (Å²) in [6, 6.07) is 36.9. The lowest BCUT2D eigenvalue weighted by atomic mass is 9.71. The van der Waals surface area contributed by atoms with Gasteiger partial charge in [-0.1, -0.05) is 84.9 Å². The Morgan fingerprint density at radius 1 is 0.457 bits per heavy atom. The lowest BCUT2D eigenvalue weighted by molar-refractivity contribution is 1.05. The molecule has 0 N–H and O–H groups in total. The lowest BCUT2D eigenvalue weighted by Crippen LogP contribution is -2.11. The van der Waals surface area contributed by atoms with E-state index in [1.54, 1.807) is 0 Å². The van der Waals surface area contributed by atoms with Crippen LogP contribution in [0, 0.1) is 0 Å². The van der Waals surface area contributed by atoms with Crippen molar-refractivity contribution in [1.82, 2.24) is 0 Å². The molecule has 0 amide bonds. The van der Waals surface area contributed by atoms with Gasteiger partial charge in [0.2, 0.25) is 0 Å². The fourth-order valence-electron chi connectivity index (χ4n) is 7.29. The summed E-state index contributed by atoms with van der Waals surface area (Å²) < 4.78 is 0. The minimum Gasteiger partial charge on any atom is -0.0619 e. The quantitative estimate of drug-likeness (QED) is 0.221. The van der Waals surface area contributed by atoms with Crippen molar-refractivity contribution in [3.63, 3.8) is 0 Å². The SMILES string of the molecule is C1=C2c3cc4c(cc3-c3c(ccc5c3-c3ccccc3C5)C2c2ccccc21)-c1ccccc1C4. The Labute approximate surface area is 205 Å². The molecule has 162 valence electrons. The second kappa shape index (κ2) is 6.29. The molecule has 5 aromatic carbocycles. The smallest absolute Gasteiger partial charge is 0.0358 e. The molecule has 0 bridgehead atoms. The highest BCUT2D eigenvalue weighted by atomic mass is 14.4. The van der Waals surface area contributed by atoms with E-state index in [4.69, 9.17) is 0 Å². The summed E-state index contributed by atoms with van der Waals surface area (Å²) in [6.07, 6.45) is 4.52. The van der Waals surface area contributed by atoms with Crippen LogP contribution in [0.3, 0.4) is 0 Å². The topological polar surface area (TPSA) is 0 Å². The summed E-state index contributed by atoms with van der Waals surface area (Å²) >= 11 is 0. The molecule has 0 saturated heterocycles. The Kier molecular flexibility index (Phi) is 3.27. The van der Waals surface area contributed by atoms with Crippen molar-refractivity contribution in [2.45, 2.75) is 18.8 Å². The molecule has 0 spiro atoms. The van der Waals surface area contributed by atoms with Gasteiger partial charge in [0, 0.05) is 5.92 Å². The highest BCUT2D eigenvalue weighted by Gasteiger charge is 2.38. The van der Waals surface area contributed by atoms with E-state index < -0.39 is 0 Å². The first-order valence-electron chi connectivity index (χ1n) is 12.7. The lowest BCUT2D eigenvalue weighted by Gasteiger charge is -2.31. The summed E-state index contributed by atoms with van der Waals surface area (Å²) in [6.45, 7) is 0. The third-order valence-corrected chi connectivity index (χ3v) is 8.74. The van der Waals surface area contributed by atoms with Gasteiger partial charge in [-0.15, -0.1) is 0 Å². The first-order valence-corrected chi connectivity index (χ1v) is 12.7. The van der Waals surface area contributed by atoms with Gasteiger partial charge in [0.1, 0.15) is 0 Å². The molecule has 0 heterocycles. The van der Waals surface area contributed by atoms with Crippen molar-refractivity contribution in [3.05, 3.63) is 142 Å². The fraction of sp³-hybridized carbons (Fsp3) is 0.0857. The molecule has 4 aliphatic carbocycles. The number of benzene rings is 5. The van der Waals surface area contributed by atoms with E-state index in [9.17, 15) is 0 Å². The van der Waals surface area contributed by atoms with Gasteiger partial charge < -0.3 is 0 Å². The van der Waals surface area contributed by atoms with Crippen molar-refractivity contribution >= 4 is 11.6 Å². The van der Waals surface area contributed by atoms with Crippen LogP contribution in [0.4, 0.5) is 0 Å². The maximum Gasteiger partial charge on any atom is 0.0358 e. The second-order valence-corrected chi connectivity index (χ2v) is 10.4. The third-order valence-electron chi connectivity index (χ3n) is 8.74. The number of hydrogen-bond donors (Lipinski definition) is 0. The average molecular weight is 443 g/mol.